The quantitative estimate of drug-likeness (QED) is 0.0212. The summed E-state index contributed by atoms with van der Waals surface area (Å²) in [7, 11) is 1.20. The van der Waals surface area contributed by atoms with E-state index in [9.17, 15) is 19.0 Å². The molecule has 1 amide bonds. The molecule has 1 N–H and O–H groups in total. The summed E-state index contributed by atoms with van der Waals surface area (Å²) in [6.07, 6.45) is 59.9. The molecule has 0 aliphatic heterocycles. The van der Waals surface area contributed by atoms with Crippen LogP contribution in [0, 0.1) is 0 Å². The lowest BCUT2D eigenvalue weighted by Gasteiger charge is -2.30. The van der Waals surface area contributed by atoms with Gasteiger partial charge in [0.2, 0.25) is 5.91 Å². The molecule has 0 aliphatic rings. The summed E-state index contributed by atoms with van der Waals surface area (Å²) >= 11 is 0. The Labute approximate surface area is 441 Å². The van der Waals surface area contributed by atoms with Crippen molar-refractivity contribution in [3.05, 3.63) is 24.3 Å². The Morgan fingerprint density at radius 2 is 0.817 bits per heavy atom. The second kappa shape index (κ2) is 52.0. The van der Waals surface area contributed by atoms with E-state index >= 15 is 0 Å². The van der Waals surface area contributed by atoms with Gasteiger partial charge in [-0.05, 0) is 57.4 Å². The molecule has 3 unspecified atom stereocenters. The van der Waals surface area contributed by atoms with Crippen molar-refractivity contribution >= 4 is 19.7 Å². The molecule has 3 atom stereocenters. The second-order valence-corrected chi connectivity index (χ2v) is 23.6. The normalized spacial score (nSPS) is 13.8. The summed E-state index contributed by atoms with van der Waals surface area (Å²) < 4.78 is 30.3. The van der Waals surface area contributed by atoms with Gasteiger partial charge >= 0.3 is 5.97 Å². The first-order valence-electron chi connectivity index (χ1n) is 30.6. The number of hydrogen-bond acceptors (Lipinski definition) is 7. The zero-order valence-electron chi connectivity index (χ0n) is 48.0. The summed E-state index contributed by atoms with van der Waals surface area (Å²) in [4.78, 5) is 39.9. The van der Waals surface area contributed by atoms with Gasteiger partial charge < -0.3 is 28.5 Å². The summed E-state index contributed by atoms with van der Waals surface area (Å²) in [5.74, 6) is -0.531. The summed E-state index contributed by atoms with van der Waals surface area (Å²) in [5.41, 5.74) is 0. The molecule has 0 bridgehead atoms. The third-order valence-corrected chi connectivity index (χ3v) is 14.8. The highest BCUT2D eigenvalue weighted by Crippen LogP contribution is 2.38. The average molecular weight is 1020 g/mol. The fourth-order valence-corrected chi connectivity index (χ4v) is 9.83. The fourth-order valence-electron chi connectivity index (χ4n) is 9.11. The second-order valence-electron chi connectivity index (χ2n) is 22.2. The molecule has 10 heteroatoms. The van der Waals surface area contributed by atoms with E-state index in [1.54, 1.807) is 0 Å². The number of nitrogens with zero attached hydrogens (tertiary/aromatic N) is 1. The highest BCUT2D eigenvalue weighted by molar-refractivity contribution is 7.45. The van der Waals surface area contributed by atoms with Crippen molar-refractivity contribution in [3.8, 4) is 0 Å². The standard InChI is InChI=1S/C61H119N2O7P/c1-7-10-13-16-19-22-25-28-30-32-34-36-39-42-45-48-51-54-61(65)70-59(52-49-46-43-40-37-27-24-21-18-15-12-9-3)58(57-69-71(66,67)68-56-55-63(4,5)6)62-60(64)53-50-47-44-41-38-35-33-31-29-26-23-20-17-14-11-8-2/h28,30,49,52,58-59H,7-27,29,31-48,50-51,53-57H2,1-6H3,(H-,62,64,66,67)/b30-28+,52-49+. The Kier molecular flexibility index (Phi) is 50.8. The van der Waals surface area contributed by atoms with Crippen LogP contribution in [0.4, 0.5) is 0 Å². The number of ether oxygens (including phenoxy) is 1. The van der Waals surface area contributed by atoms with Gasteiger partial charge in [-0.15, -0.1) is 0 Å². The van der Waals surface area contributed by atoms with Crippen molar-refractivity contribution in [1.29, 1.82) is 0 Å². The monoisotopic (exact) mass is 1020 g/mol. The van der Waals surface area contributed by atoms with E-state index in [4.69, 9.17) is 13.8 Å². The number of rotatable bonds is 56. The Balaban J connectivity index is 5.26. The van der Waals surface area contributed by atoms with Gasteiger partial charge in [-0.3, -0.25) is 14.2 Å². The predicted octanol–water partition coefficient (Wildman–Crippen LogP) is 17.9. The van der Waals surface area contributed by atoms with E-state index in [1.165, 1.54) is 205 Å². The molecule has 420 valence electrons. The molecule has 71 heavy (non-hydrogen) atoms. The van der Waals surface area contributed by atoms with Crippen LogP contribution in [0.25, 0.3) is 0 Å². The number of likely N-dealkylation sites (N-methyl/N-ethyl adjacent to an activating group) is 1. The maximum atomic E-state index is 13.5. The Morgan fingerprint density at radius 3 is 1.20 bits per heavy atom. The van der Waals surface area contributed by atoms with Crippen LogP contribution in [0.5, 0.6) is 0 Å². The summed E-state index contributed by atoms with van der Waals surface area (Å²) in [6.45, 7) is 6.87. The van der Waals surface area contributed by atoms with Crippen molar-refractivity contribution in [1.82, 2.24) is 5.32 Å². The zero-order chi connectivity index (χ0) is 52.2. The van der Waals surface area contributed by atoms with E-state index in [0.29, 0.717) is 17.4 Å². The lowest BCUT2D eigenvalue weighted by molar-refractivity contribution is -0.870. The number of phosphoric ester groups is 1. The summed E-state index contributed by atoms with van der Waals surface area (Å²) in [5, 5.41) is 3.03. The average Bonchev–Trinajstić information content (AvgIpc) is 3.33. The first-order valence-corrected chi connectivity index (χ1v) is 32.1. The third kappa shape index (κ3) is 53.1. The number of carbonyl (C=O) groups excluding carboxylic acids is 2. The van der Waals surface area contributed by atoms with E-state index in [-0.39, 0.29) is 31.5 Å². The number of phosphoric acid groups is 1. The van der Waals surface area contributed by atoms with Crippen LogP contribution in [0.2, 0.25) is 0 Å². The van der Waals surface area contributed by atoms with Crippen molar-refractivity contribution in [2.45, 2.75) is 315 Å². The fraction of sp³-hybridized carbons (Fsp3) is 0.902. The molecule has 0 aromatic heterocycles. The highest BCUT2D eigenvalue weighted by Gasteiger charge is 2.27. The molecule has 0 fully saturated rings. The number of esters is 1. The van der Waals surface area contributed by atoms with E-state index in [2.05, 4.69) is 38.2 Å². The Morgan fingerprint density at radius 1 is 0.479 bits per heavy atom. The predicted molar refractivity (Wildman–Crippen MR) is 303 cm³/mol. The van der Waals surface area contributed by atoms with Crippen molar-refractivity contribution in [3.63, 3.8) is 0 Å². The lowest BCUT2D eigenvalue weighted by Crippen LogP contribution is -2.47. The molecule has 0 saturated carbocycles. The first kappa shape index (κ1) is 69.5. The number of unbranched alkanes of at least 4 members (excludes halogenated alkanes) is 38. The number of carbonyl (C=O) groups is 2. The molecule has 9 nitrogen and oxygen atoms in total. The van der Waals surface area contributed by atoms with Crippen LogP contribution in [0.3, 0.4) is 0 Å². The number of allylic oxidation sites excluding steroid dienone is 3. The van der Waals surface area contributed by atoms with Crippen LogP contribution in [0.1, 0.15) is 303 Å². The number of quaternary nitrogens is 1. The van der Waals surface area contributed by atoms with Gasteiger partial charge in [0.15, 0.2) is 0 Å². The highest BCUT2D eigenvalue weighted by atomic mass is 31.2. The topological polar surface area (TPSA) is 114 Å². The van der Waals surface area contributed by atoms with Gasteiger partial charge in [-0.25, -0.2) is 0 Å². The maximum absolute atomic E-state index is 13.5. The summed E-state index contributed by atoms with van der Waals surface area (Å²) in [6, 6.07) is -0.883. The van der Waals surface area contributed by atoms with Gasteiger partial charge in [0.05, 0.1) is 33.8 Å². The Hall–Kier alpha value is -1.51. The molecule has 0 aromatic rings. The molecule has 0 aromatic carbocycles. The molecule has 0 saturated heterocycles. The van der Waals surface area contributed by atoms with Gasteiger partial charge in [-0.1, -0.05) is 257 Å². The molecule has 0 heterocycles. The largest absolute Gasteiger partial charge is 0.756 e. The van der Waals surface area contributed by atoms with Crippen LogP contribution in [-0.2, 0) is 27.9 Å². The lowest BCUT2D eigenvalue weighted by atomic mass is 10.0. The molecule has 0 radical (unpaired) electrons. The van der Waals surface area contributed by atoms with E-state index in [0.717, 1.165) is 64.2 Å². The minimum atomic E-state index is -4.69. The van der Waals surface area contributed by atoms with Gasteiger partial charge in [0, 0.05) is 12.8 Å². The first-order chi connectivity index (χ1) is 34.4. The van der Waals surface area contributed by atoms with Crippen molar-refractivity contribution < 1.29 is 37.3 Å². The Bertz CT molecular complexity index is 1270. The minimum absolute atomic E-state index is 0.0194. The van der Waals surface area contributed by atoms with Gasteiger partial charge in [0.1, 0.15) is 19.3 Å². The van der Waals surface area contributed by atoms with Gasteiger partial charge in [0.25, 0.3) is 7.82 Å². The van der Waals surface area contributed by atoms with Crippen LogP contribution in [-0.4, -0.2) is 69.4 Å². The van der Waals surface area contributed by atoms with E-state index < -0.39 is 20.0 Å². The maximum Gasteiger partial charge on any atom is 0.306 e. The molecule has 0 spiro atoms. The number of hydrogen-bond donors (Lipinski definition) is 1. The minimum Gasteiger partial charge on any atom is -0.756 e. The third-order valence-electron chi connectivity index (χ3n) is 13.9. The molecule has 0 rings (SSSR count). The molecular weight excluding hydrogens is 904 g/mol. The number of nitrogens with one attached hydrogen (secondary N) is 1. The van der Waals surface area contributed by atoms with E-state index in [1.807, 2.05) is 33.3 Å². The number of amides is 1. The van der Waals surface area contributed by atoms with Crippen LogP contribution < -0.4 is 10.2 Å². The SMILES string of the molecule is CCCCCCCC/C=C/CCCCCCCCCC(=O)OC(/C=C/CCCCCCCCCCCC)C(COP(=O)([O-])OCC[N+](C)(C)C)NC(=O)CCCCCCCCCCCCCCCCCC. The molecular formula is C61H119N2O7P. The zero-order valence-corrected chi connectivity index (χ0v) is 48.8. The van der Waals surface area contributed by atoms with Crippen LogP contribution in [0.15, 0.2) is 24.3 Å². The van der Waals surface area contributed by atoms with Crippen molar-refractivity contribution in [2.75, 3.05) is 40.9 Å². The van der Waals surface area contributed by atoms with Gasteiger partial charge in [-0.2, -0.15) is 0 Å². The van der Waals surface area contributed by atoms with Crippen molar-refractivity contribution in [2.24, 2.45) is 0 Å². The molecule has 0 aliphatic carbocycles. The smallest absolute Gasteiger partial charge is 0.306 e. The van der Waals surface area contributed by atoms with Crippen LogP contribution >= 0.6 is 7.82 Å².